The predicted octanol–water partition coefficient (Wildman–Crippen LogP) is 3.25. The Kier molecular flexibility index (Phi) is 3.62. The van der Waals surface area contributed by atoms with Gasteiger partial charge in [0, 0.05) is 0 Å². The predicted molar refractivity (Wildman–Crippen MR) is 76.5 cm³/mol. The maximum atomic E-state index is 10.2. The second-order valence-electron chi connectivity index (χ2n) is 5.93. The summed E-state index contributed by atoms with van der Waals surface area (Å²) < 4.78 is 0. The van der Waals surface area contributed by atoms with Crippen LogP contribution in [0.15, 0.2) is 41.5 Å². The zero-order chi connectivity index (χ0) is 14.1. The first kappa shape index (κ1) is 13.4. The maximum absolute atomic E-state index is 10.2. The van der Waals surface area contributed by atoms with E-state index in [0.29, 0.717) is 5.56 Å². The van der Waals surface area contributed by atoms with Crippen molar-refractivity contribution in [2.45, 2.75) is 38.2 Å². The minimum atomic E-state index is -0.879. The van der Waals surface area contributed by atoms with Crippen LogP contribution >= 0.6 is 0 Å². The van der Waals surface area contributed by atoms with E-state index in [1.165, 1.54) is 31.3 Å². The number of carboxylic acid groups (broad SMARTS) is 1. The quantitative estimate of drug-likeness (QED) is 0.771. The summed E-state index contributed by atoms with van der Waals surface area (Å²) in [4.78, 5) is 10.2. The fraction of sp³-hybridized carbons (Fsp3) is 0.471. The summed E-state index contributed by atoms with van der Waals surface area (Å²) in [5, 5.41) is 18.0. The third-order valence-electron chi connectivity index (χ3n) is 4.83. The van der Waals surface area contributed by atoms with Crippen molar-refractivity contribution in [3.05, 3.63) is 47.0 Å². The second kappa shape index (κ2) is 5.41. The van der Waals surface area contributed by atoms with E-state index < -0.39 is 5.97 Å². The van der Waals surface area contributed by atoms with Crippen LogP contribution in [0.1, 0.15) is 42.5 Å². The van der Waals surface area contributed by atoms with E-state index in [0.717, 1.165) is 18.3 Å². The molecule has 4 rings (SSSR count). The van der Waals surface area contributed by atoms with Crippen molar-refractivity contribution in [2.24, 2.45) is 11.8 Å². The van der Waals surface area contributed by atoms with Gasteiger partial charge in [-0.2, -0.15) is 0 Å². The van der Waals surface area contributed by atoms with Crippen LogP contribution in [0.3, 0.4) is 0 Å². The Balaban J connectivity index is 0.000000124. The normalized spacial score (nSPS) is 29.9. The van der Waals surface area contributed by atoms with Crippen LogP contribution in [0.5, 0.6) is 0 Å². The van der Waals surface area contributed by atoms with Crippen molar-refractivity contribution in [3.8, 4) is 0 Å². The first-order chi connectivity index (χ1) is 9.66. The van der Waals surface area contributed by atoms with Crippen molar-refractivity contribution in [1.82, 2.24) is 0 Å². The molecule has 0 amide bonds. The molecule has 2 bridgehead atoms. The molecular formula is C17H20O3. The minimum Gasteiger partial charge on any atom is -0.478 e. The lowest BCUT2D eigenvalue weighted by Gasteiger charge is -2.17. The summed E-state index contributed by atoms with van der Waals surface area (Å²) in [5.74, 6) is 0.876. The van der Waals surface area contributed by atoms with Gasteiger partial charge < -0.3 is 10.2 Å². The maximum Gasteiger partial charge on any atom is 0.335 e. The molecule has 3 heteroatoms. The molecule has 3 aliphatic rings. The molecule has 0 aromatic heterocycles. The van der Waals surface area contributed by atoms with Gasteiger partial charge >= 0.3 is 5.97 Å². The summed E-state index contributed by atoms with van der Waals surface area (Å²) >= 11 is 0. The fourth-order valence-corrected chi connectivity index (χ4v) is 3.95. The van der Waals surface area contributed by atoms with Crippen LogP contribution in [0.2, 0.25) is 0 Å². The van der Waals surface area contributed by atoms with E-state index in [2.05, 4.69) is 0 Å². The summed E-state index contributed by atoms with van der Waals surface area (Å²) in [6, 6.07) is 8.30. The largest absolute Gasteiger partial charge is 0.478 e. The molecule has 1 aromatic carbocycles. The molecule has 3 nitrogen and oxygen atoms in total. The van der Waals surface area contributed by atoms with E-state index in [9.17, 15) is 9.90 Å². The molecule has 0 heterocycles. The standard InChI is InChI=1S/C10H14O.C7H6O2/c11-9-4-3-8-6-1-2-7(5-6)10(8)9;8-7(9)6-4-2-1-3-5-6/h6,8-9,11H,1-5H2;1-5H,(H,8,9). The highest BCUT2D eigenvalue weighted by atomic mass is 16.4. The smallest absolute Gasteiger partial charge is 0.335 e. The van der Waals surface area contributed by atoms with Crippen molar-refractivity contribution >= 4 is 5.97 Å². The number of allylic oxidation sites excluding steroid dienone is 1. The third kappa shape index (κ3) is 2.38. The average molecular weight is 272 g/mol. The van der Waals surface area contributed by atoms with E-state index in [-0.39, 0.29) is 6.10 Å². The van der Waals surface area contributed by atoms with Gasteiger partial charge in [-0.25, -0.2) is 4.79 Å². The van der Waals surface area contributed by atoms with Crippen LogP contribution in [-0.2, 0) is 0 Å². The fourth-order valence-electron chi connectivity index (χ4n) is 3.95. The van der Waals surface area contributed by atoms with Crippen LogP contribution in [0.25, 0.3) is 0 Å². The monoisotopic (exact) mass is 272 g/mol. The molecule has 2 fully saturated rings. The van der Waals surface area contributed by atoms with Crippen LogP contribution in [0.4, 0.5) is 0 Å². The number of carbonyl (C=O) groups is 1. The number of aromatic carboxylic acids is 1. The SMILES string of the molecule is O=C(O)c1ccccc1.OC1CCC2C1=C1CCC2C1. The van der Waals surface area contributed by atoms with Gasteiger partial charge in [-0.15, -0.1) is 0 Å². The molecule has 3 aliphatic carbocycles. The molecule has 0 radical (unpaired) electrons. The van der Waals surface area contributed by atoms with E-state index in [1.807, 2.05) is 0 Å². The van der Waals surface area contributed by atoms with Crippen molar-refractivity contribution < 1.29 is 15.0 Å². The van der Waals surface area contributed by atoms with Gasteiger partial charge in [-0.05, 0) is 61.6 Å². The summed E-state index contributed by atoms with van der Waals surface area (Å²) in [6.45, 7) is 0. The zero-order valence-electron chi connectivity index (χ0n) is 11.5. The Bertz CT molecular complexity index is 532. The van der Waals surface area contributed by atoms with Gasteiger partial charge in [0.1, 0.15) is 0 Å². The Labute approximate surface area is 118 Å². The van der Waals surface area contributed by atoms with Gasteiger partial charge in [0.2, 0.25) is 0 Å². The third-order valence-corrected chi connectivity index (χ3v) is 4.83. The number of hydrogen-bond acceptors (Lipinski definition) is 2. The molecule has 1 aromatic rings. The number of carboxylic acids is 1. The first-order valence-corrected chi connectivity index (χ1v) is 7.35. The molecule has 3 unspecified atom stereocenters. The number of aliphatic hydroxyl groups is 1. The van der Waals surface area contributed by atoms with Crippen molar-refractivity contribution in [3.63, 3.8) is 0 Å². The van der Waals surface area contributed by atoms with Crippen LogP contribution in [0, 0.1) is 11.8 Å². The lowest BCUT2D eigenvalue weighted by atomic mass is 9.88. The lowest BCUT2D eigenvalue weighted by Crippen LogP contribution is -2.11. The summed E-state index contributed by atoms with van der Waals surface area (Å²) in [6.07, 6.45) is 6.31. The van der Waals surface area contributed by atoms with Crippen LogP contribution < -0.4 is 0 Å². The minimum absolute atomic E-state index is 0.0414. The Morgan fingerprint density at radius 2 is 1.85 bits per heavy atom. The van der Waals surface area contributed by atoms with Gasteiger partial charge in [-0.1, -0.05) is 23.8 Å². The van der Waals surface area contributed by atoms with Gasteiger partial charge in [0.25, 0.3) is 0 Å². The van der Waals surface area contributed by atoms with E-state index >= 15 is 0 Å². The zero-order valence-corrected chi connectivity index (χ0v) is 11.5. The van der Waals surface area contributed by atoms with Crippen molar-refractivity contribution in [2.75, 3.05) is 0 Å². The molecule has 0 spiro atoms. The average Bonchev–Trinajstić information content (AvgIpc) is 3.15. The molecule has 2 N–H and O–H groups in total. The number of rotatable bonds is 1. The molecule has 0 aliphatic heterocycles. The number of aliphatic hydroxyl groups excluding tert-OH is 1. The highest BCUT2D eigenvalue weighted by Crippen LogP contribution is 2.54. The number of fused-ring (bicyclic) bond motifs is 4. The Morgan fingerprint density at radius 1 is 1.10 bits per heavy atom. The highest BCUT2D eigenvalue weighted by molar-refractivity contribution is 5.87. The number of benzene rings is 1. The topological polar surface area (TPSA) is 57.5 Å². The molecule has 0 saturated heterocycles. The molecular weight excluding hydrogens is 252 g/mol. The molecule has 20 heavy (non-hydrogen) atoms. The van der Waals surface area contributed by atoms with Gasteiger partial charge in [-0.3, -0.25) is 0 Å². The second-order valence-corrected chi connectivity index (χ2v) is 5.93. The Morgan fingerprint density at radius 3 is 2.45 bits per heavy atom. The van der Waals surface area contributed by atoms with Gasteiger partial charge in [0.15, 0.2) is 0 Å². The highest BCUT2D eigenvalue weighted by Gasteiger charge is 2.44. The van der Waals surface area contributed by atoms with E-state index in [1.54, 1.807) is 35.9 Å². The molecule has 3 atom stereocenters. The first-order valence-electron chi connectivity index (χ1n) is 7.35. The van der Waals surface area contributed by atoms with Crippen molar-refractivity contribution in [1.29, 1.82) is 0 Å². The van der Waals surface area contributed by atoms with Gasteiger partial charge in [0.05, 0.1) is 11.7 Å². The Hall–Kier alpha value is -1.61. The van der Waals surface area contributed by atoms with E-state index in [4.69, 9.17) is 5.11 Å². The number of hydrogen-bond donors (Lipinski definition) is 2. The molecule has 2 saturated carbocycles. The lowest BCUT2D eigenvalue weighted by molar-refractivity contribution is 0.0697. The summed E-state index contributed by atoms with van der Waals surface area (Å²) in [5.41, 5.74) is 3.43. The van der Waals surface area contributed by atoms with Crippen LogP contribution in [-0.4, -0.2) is 22.3 Å². The summed E-state index contributed by atoms with van der Waals surface area (Å²) in [7, 11) is 0. The molecule has 106 valence electrons.